The average molecular weight is 293 g/mol. The SMILES string of the molecule is CCNc1cc(COC)nc(Cc2cc(F)cc(F)c2)n1. The van der Waals surface area contributed by atoms with E-state index in [1.807, 2.05) is 6.92 Å². The first-order chi connectivity index (χ1) is 10.1. The molecule has 2 rings (SSSR count). The fourth-order valence-corrected chi connectivity index (χ4v) is 2.02. The molecule has 0 aliphatic heterocycles. The van der Waals surface area contributed by atoms with Crippen LogP contribution in [-0.4, -0.2) is 23.6 Å². The number of hydrogen-bond acceptors (Lipinski definition) is 4. The predicted octanol–water partition coefficient (Wildman–Crippen LogP) is 2.92. The lowest BCUT2D eigenvalue weighted by molar-refractivity contribution is 0.181. The lowest BCUT2D eigenvalue weighted by atomic mass is 10.1. The number of halogens is 2. The van der Waals surface area contributed by atoms with Crippen molar-refractivity contribution in [1.82, 2.24) is 9.97 Å². The zero-order chi connectivity index (χ0) is 15.2. The topological polar surface area (TPSA) is 47.0 Å². The Labute approximate surface area is 122 Å². The summed E-state index contributed by atoms with van der Waals surface area (Å²) >= 11 is 0. The zero-order valence-corrected chi connectivity index (χ0v) is 12.0. The second-order valence-electron chi connectivity index (χ2n) is 4.58. The molecule has 0 amide bonds. The molecule has 6 heteroatoms. The molecule has 0 saturated heterocycles. The fraction of sp³-hybridized carbons (Fsp3) is 0.333. The molecule has 1 aromatic carbocycles. The van der Waals surface area contributed by atoms with Crippen LogP contribution < -0.4 is 5.32 Å². The van der Waals surface area contributed by atoms with Gasteiger partial charge in [0.2, 0.25) is 0 Å². The number of nitrogens with one attached hydrogen (secondary N) is 1. The summed E-state index contributed by atoms with van der Waals surface area (Å²) in [6.07, 6.45) is 0.255. The largest absolute Gasteiger partial charge is 0.378 e. The van der Waals surface area contributed by atoms with Crippen LogP contribution >= 0.6 is 0 Å². The minimum atomic E-state index is -0.607. The van der Waals surface area contributed by atoms with Gasteiger partial charge in [-0.25, -0.2) is 18.7 Å². The minimum absolute atomic E-state index is 0.255. The van der Waals surface area contributed by atoms with Gasteiger partial charge in [-0.1, -0.05) is 0 Å². The Morgan fingerprint density at radius 3 is 2.43 bits per heavy atom. The van der Waals surface area contributed by atoms with E-state index in [2.05, 4.69) is 15.3 Å². The third-order valence-corrected chi connectivity index (χ3v) is 2.76. The van der Waals surface area contributed by atoms with Gasteiger partial charge in [-0.3, -0.25) is 0 Å². The molecule has 1 N–H and O–H groups in total. The van der Waals surface area contributed by atoms with E-state index < -0.39 is 11.6 Å². The maximum Gasteiger partial charge on any atom is 0.135 e. The van der Waals surface area contributed by atoms with Gasteiger partial charge in [0.15, 0.2) is 0 Å². The van der Waals surface area contributed by atoms with Gasteiger partial charge < -0.3 is 10.1 Å². The molecule has 112 valence electrons. The molecule has 0 fully saturated rings. The van der Waals surface area contributed by atoms with E-state index in [0.717, 1.165) is 18.3 Å². The van der Waals surface area contributed by atoms with Gasteiger partial charge in [0.1, 0.15) is 23.3 Å². The molecule has 1 aromatic heterocycles. The summed E-state index contributed by atoms with van der Waals surface area (Å²) < 4.78 is 31.5. The van der Waals surface area contributed by atoms with Crippen LogP contribution in [0.15, 0.2) is 24.3 Å². The number of anilines is 1. The second-order valence-corrected chi connectivity index (χ2v) is 4.58. The van der Waals surface area contributed by atoms with Gasteiger partial charge in [-0.2, -0.15) is 0 Å². The van der Waals surface area contributed by atoms with Gasteiger partial charge in [0.25, 0.3) is 0 Å². The van der Waals surface area contributed by atoms with Crippen molar-refractivity contribution in [3.05, 3.63) is 53.0 Å². The van der Waals surface area contributed by atoms with Crippen molar-refractivity contribution in [3.8, 4) is 0 Å². The summed E-state index contributed by atoms with van der Waals surface area (Å²) in [6.45, 7) is 3.03. The van der Waals surface area contributed by atoms with Crippen molar-refractivity contribution in [2.24, 2.45) is 0 Å². The summed E-state index contributed by atoms with van der Waals surface area (Å²) in [5, 5.41) is 3.10. The van der Waals surface area contributed by atoms with E-state index in [0.29, 0.717) is 23.8 Å². The summed E-state index contributed by atoms with van der Waals surface area (Å²) in [7, 11) is 1.58. The molecule has 0 radical (unpaired) electrons. The second kappa shape index (κ2) is 7.08. The Morgan fingerprint density at radius 1 is 1.10 bits per heavy atom. The highest BCUT2D eigenvalue weighted by Gasteiger charge is 2.08. The first-order valence-corrected chi connectivity index (χ1v) is 6.65. The number of rotatable bonds is 6. The van der Waals surface area contributed by atoms with Crippen LogP contribution in [0, 0.1) is 11.6 Å². The van der Waals surface area contributed by atoms with Crippen molar-refractivity contribution in [3.63, 3.8) is 0 Å². The molecule has 2 aromatic rings. The van der Waals surface area contributed by atoms with Crippen molar-refractivity contribution in [2.45, 2.75) is 20.0 Å². The predicted molar refractivity (Wildman–Crippen MR) is 76.1 cm³/mol. The van der Waals surface area contributed by atoms with E-state index >= 15 is 0 Å². The number of ether oxygens (including phenoxy) is 1. The third kappa shape index (κ3) is 4.46. The summed E-state index contributed by atoms with van der Waals surface area (Å²) in [5.74, 6) is -0.0492. The smallest absolute Gasteiger partial charge is 0.135 e. The minimum Gasteiger partial charge on any atom is -0.378 e. The van der Waals surface area contributed by atoms with Crippen molar-refractivity contribution < 1.29 is 13.5 Å². The summed E-state index contributed by atoms with van der Waals surface area (Å²) in [4.78, 5) is 8.68. The molecule has 0 bridgehead atoms. The Balaban J connectivity index is 2.28. The molecule has 4 nitrogen and oxygen atoms in total. The van der Waals surface area contributed by atoms with Crippen molar-refractivity contribution in [1.29, 1.82) is 0 Å². The third-order valence-electron chi connectivity index (χ3n) is 2.76. The van der Waals surface area contributed by atoms with E-state index in [1.54, 1.807) is 13.2 Å². The van der Waals surface area contributed by atoms with Crippen LogP contribution in [-0.2, 0) is 17.8 Å². The maximum absolute atomic E-state index is 13.2. The van der Waals surface area contributed by atoms with E-state index in [4.69, 9.17) is 4.74 Å². The van der Waals surface area contributed by atoms with Gasteiger partial charge in [-0.15, -0.1) is 0 Å². The first kappa shape index (κ1) is 15.3. The van der Waals surface area contributed by atoms with Gasteiger partial charge in [-0.05, 0) is 24.6 Å². The van der Waals surface area contributed by atoms with E-state index in [-0.39, 0.29) is 6.42 Å². The number of nitrogens with zero attached hydrogens (tertiary/aromatic N) is 2. The highest BCUT2D eigenvalue weighted by atomic mass is 19.1. The molecule has 1 heterocycles. The summed E-state index contributed by atoms with van der Waals surface area (Å²) in [5.41, 5.74) is 1.21. The fourth-order valence-electron chi connectivity index (χ4n) is 2.02. The Hall–Kier alpha value is -2.08. The number of benzene rings is 1. The molecular weight excluding hydrogens is 276 g/mol. The molecule has 0 saturated carbocycles. The molecule has 0 atom stereocenters. The lowest BCUT2D eigenvalue weighted by Gasteiger charge is -2.09. The van der Waals surface area contributed by atoms with Crippen molar-refractivity contribution >= 4 is 5.82 Å². The van der Waals surface area contributed by atoms with E-state index in [9.17, 15) is 8.78 Å². The lowest BCUT2D eigenvalue weighted by Crippen LogP contribution is -2.07. The normalized spacial score (nSPS) is 10.7. The monoisotopic (exact) mass is 293 g/mol. The molecule has 0 unspecified atom stereocenters. The Kier molecular flexibility index (Phi) is 5.16. The molecule has 21 heavy (non-hydrogen) atoms. The average Bonchev–Trinajstić information content (AvgIpc) is 2.37. The number of hydrogen-bond donors (Lipinski definition) is 1. The van der Waals surface area contributed by atoms with Gasteiger partial charge in [0, 0.05) is 32.2 Å². The highest BCUT2D eigenvalue weighted by molar-refractivity contribution is 5.36. The van der Waals surface area contributed by atoms with Crippen molar-refractivity contribution in [2.75, 3.05) is 19.0 Å². The first-order valence-electron chi connectivity index (χ1n) is 6.65. The van der Waals surface area contributed by atoms with Crippen LogP contribution in [0.1, 0.15) is 24.0 Å². The van der Waals surface area contributed by atoms with Gasteiger partial charge in [0.05, 0.1) is 12.3 Å². The van der Waals surface area contributed by atoms with Crippen LogP contribution in [0.3, 0.4) is 0 Å². The van der Waals surface area contributed by atoms with Crippen LogP contribution in [0.25, 0.3) is 0 Å². The van der Waals surface area contributed by atoms with Crippen LogP contribution in [0.2, 0.25) is 0 Å². The zero-order valence-electron chi connectivity index (χ0n) is 12.0. The summed E-state index contributed by atoms with van der Waals surface area (Å²) in [6, 6.07) is 5.20. The number of aromatic nitrogens is 2. The molecule has 0 aliphatic carbocycles. The van der Waals surface area contributed by atoms with Crippen LogP contribution in [0.4, 0.5) is 14.6 Å². The van der Waals surface area contributed by atoms with E-state index in [1.165, 1.54) is 12.1 Å². The number of methoxy groups -OCH3 is 1. The molecular formula is C15H17F2N3O. The standard InChI is InChI=1S/C15H17F2N3O/c1-3-18-14-8-13(9-21-2)19-15(20-14)6-10-4-11(16)7-12(17)5-10/h4-5,7-8H,3,6,9H2,1-2H3,(H,18,19,20). The molecule has 0 aliphatic rings. The van der Waals surface area contributed by atoms with Gasteiger partial charge >= 0.3 is 0 Å². The van der Waals surface area contributed by atoms with Crippen LogP contribution in [0.5, 0.6) is 0 Å². The quantitative estimate of drug-likeness (QED) is 0.889. The molecule has 0 spiro atoms. The Bertz CT molecular complexity index is 575. The highest BCUT2D eigenvalue weighted by Crippen LogP contribution is 2.14. The maximum atomic E-state index is 13.2. The Morgan fingerprint density at radius 2 is 1.81 bits per heavy atom.